The molecule has 17 heavy (non-hydrogen) atoms. The fourth-order valence-corrected chi connectivity index (χ4v) is 2.93. The molecule has 2 aliphatic heterocycles. The van der Waals surface area contributed by atoms with E-state index in [1.54, 1.807) is 7.11 Å². The highest BCUT2D eigenvalue weighted by Gasteiger charge is 2.50. The van der Waals surface area contributed by atoms with Gasteiger partial charge in [0.05, 0.1) is 12.5 Å². The minimum absolute atomic E-state index is 0.130. The topological polar surface area (TPSA) is 41.6 Å². The summed E-state index contributed by atoms with van der Waals surface area (Å²) in [4.78, 5) is 14.4. The van der Waals surface area contributed by atoms with Crippen LogP contribution in [-0.4, -0.2) is 38.1 Å². The van der Waals surface area contributed by atoms with Gasteiger partial charge in [0.1, 0.15) is 5.75 Å². The molecule has 0 saturated carbocycles. The fourth-order valence-electron chi connectivity index (χ4n) is 2.93. The van der Waals surface area contributed by atoms with Crippen molar-refractivity contribution in [3.05, 3.63) is 23.8 Å². The van der Waals surface area contributed by atoms with Crippen LogP contribution in [0.25, 0.3) is 0 Å². The van der Waals surface area contributed by atoms with Crippen molar-refractivity contribution in [1.29, 1.82) is 0 Å². The first-order valence-electron chi connectivity index (χ1n) is 5.84. The Kier molecular flexibility index (Phi) is 2.16. The van der Waals surface area contributed by atoms with Gasteiger partial charge in [0, 0.05) is 12.2 Å². The summed E-state index contributed by atoms with van der Waals surface area (Å²) in [6.45, 7) is 1.75. The molecule has 1 aromatic carbocycles. The maximum atomic E-state index is 12.2. The highest BCUT2D eigenvalue weighted by Crippen LogP contribution is 2.45. The SMILES string of the molecule is COc1ccc2c(c1)[C@]1(CCN(C)C1)C(=O)N2. The number of nitrogens with one attached hydrogen (secondary N) is 1. The molecule has 90 valence electrons. The first kappa shape index (κ1) is 10.6. The van der Waals surface area contributed by atoms with Crippen LogP contribution in [0.2, 0.25) is 0 Å². The third-order valence-corrected chi connectivity index (χ3v) is 3.89. The number of likely N-dealkylation sites (N-methyl/N-ethyl adjacent to an activating group) is 1. The molecular weight excluding hydrogens is 216 g/mol. The summed E-state index contributed by atoms with van der Waals surface area (Å²) in [6.07, 6.45) is 0.884. The van der Waals surface area contributed by atoms with Gasteiger partial charge >= 0.3 is 0 Å². The third kappa shape index (κ3) is 1.37. The van der Waals surface area contributed by atoms with Gasteiger partial charge in [-0.25, -0.2) is 0 Å². The number of rotatable bonds is 1. The normalized spacial score (nSPS) is 27.3. The van der Waals surface area contributed by atoms with Gasteiger partial charge in [-0.05, 0) is 43.8 Å². The summed E-state index contributed by atoms with van der Waals surface area (Å²) in [5.41, 5.74) is 1.66. The number of fused-ring (bicyclic) bond motifs is 2. The summed E-state index contributed by atoms with van der Waals surface area (Å²) in [7, 11) is 3.71. The second-order valence-corrected chi connectivity index (χ2v) is 4.94. The molecule has 1 atom stereocenters. The number of hydrogen-bond acceptors (Lipinski definition) is 3. The Hall–Kier alpha value is -1.55. The van der Waals surface area contributed by atoms with Crippen LogP contribution in [0.3, 0.4) is 0 Å². The van der Waals surface area contributed by atoms with Crippen molar-refractivity contribution in [2.24, 2.45) is 0 Å². The predicted octanol–water partition coefficient (Wildman–Crippen LogP) is 1.22. The maximum absolute atomic E-state index is 12.2. The second kappa shape index (κ2) is 3.47. The van der Waals surface area contributed by atoms with Gasteiger partial charge in [-0.3, -0.25) is 4.79 Å². The van der Waals surface area contributed by atoms with Crippen LogP contribution in [-0.2, 0) is 10.2 Å². The van der Waals surface area contributed by atoms with Crippen LogP contribution in [0.4, 0.5) is 5.69 Å². The highest BCUT2D eigenvalue weighted by atomic mass is 16.5. The fraction of sp³-hybridized carbons (Fsp3) is 0.462. The lowest BCUT2D eigenvalue weighted by molar-refractivity contribution is -0.120. The molecule has 0 unspecified atom stereocenters. The summed E-state index contributed by atoms with van der Waals surface area (Å²) < 4.78 is 5.25. The van der Waals surface area contributed by atoms with Crippen LogP contribution >= 0.6 is 0 Å². The lowest BCUT2D eigenvalue weighted by Crippen LogP contribution is -2.36. The lowest BCUT2D eigenvalue weighted by atomic mass is 9.81. The first-order chi connectivity index (χ1) is 8.15. The number of benzene rings is 1. The van der Waals surface area contributed by atoms with E-state index < -0.39 is 0 Å². The van der Waals surface area contributed by atoms with E-state index in [1.807, 2.05) is 18.2 Å². The highest BCUT2D eigenvalue weighted by molar-refractivity contribution is 6.06. The van der Waals surface area contributed by atoms with E-state index in [4.69, 9.17) is 4.74 Å². The number of amides is 1. The molecule has 1 fully saturated rings. The van der Waals surface area contributed by atoms with Gasteiger partial charge in [-0.2, -0.15) is 0 Å². The Morgan fingerprint density at radius 1 is 1.47 bits per heavy atom. The Bertz CT molecular complexity index is 486. The quantitative estimate of drug-likeness (QED) is 0.791. The summed E-state index contributed by atoms with van der Waals surface area (Å²) in [6, 6.07) is 5.81. The van der Waals surface area contributed by atoms with Crippen LogP contribution in [0.15, 0.2) is 18.2 Å². The van der Waals surface area contributed by atoms with Crippen molar-refractivity contribution in [3.63, 3.8) is 0 Å². The summed E-state index contributed by atoms with van der Waals surface area (Å²) in [5, 5.41) is 2.98. The van der Waals surface area contributed by atoms with E-state index in [9.17, 15) is 4.79 Å². The molecule has 4 heteroatoms. The molecule has 1 aromatic rings. The zero-order chi connectivity index (χ0) is 12.0. The number of carbonyl (C=O) groups excluding carboxylic acids is 1. The van der Waals surface area contributed by atoms with Crippen LogP contribution in [0, 0.1) is 0 Å². The van der Waals surface area contributed by atoms with E-state index in [-0.39, 0.29) is 11.3 Å². The molecule has 2 heterocycles. The van der Waals surface area contributed by atoms with E-state index in [1.165, 1.54) is 0 Å². The maximum Gasteiger partial charge on any atom is 0.236 e. The standard InChI is InChI=1S/C13H16N2O2/c1-15-6-5-13(8-15)10-7-9(17-2)3-4-11(10)14-12(13)16/h3-4,7H,5-6,8H2,1-2H3,(H,14,16)/t13-/m1/s1. The molecule has 1 spiro atoms. The van der Waals surface area contributed by atoms with E-state index in [0.29, 0.717) is 0 Å². The lowest BCUT2D eigenvalue weighted by Gasteiger charge is -2.21. The van der Waals surface area contributed by atoms with Gasteiger partial charge in [-0.1, -0.05) is 0 Å². The molecule has 0 aromatic heterocycles. The zero-order valence-electron chi connectivity index (χ0n) is 10.1. The Labute approximate surface area is 101 Å². The molecule has 3 rings (SSSR count). The third-order valence-electron chi connectivity index (χ3n) is 3.89. The van der Waals surface area contributed by atoms with Gasteiger partial charge < -0.3 is 15.0 Å². The van der Waals surface area contributed by atoms with E-state index in [2.05, 4.69) is 17.3 Å². The monoisotopic (exact) mass is 232 g/mol. The second-order valence-electron chi connectivity index (χ2n) is 4.94. The van der Waals surface area contributed by atoms with Crippen molar-refractivity contribution < 1.29 is 9.53 Å². The smallest absolute Gasteiger partial charge is 0.236 e. The number of methoxy groups -OCH3 is 1. The average molecular weight is 232 g/mol. The molecule has 0 radical (unpaired) electrons. The number of hydrogen-bond donors (Lipinski definition) is 1. The minimum Gasteiger partial charge on any atom is -0.497 e. The number of ether oxygens (including phenoxy) is 1. The summed E-state index contributed by atoms with van der Waals surface area (Å²) in [5.74, 6) is 0.944. The van der Waals surface area contributed by atoms with E-state index in [0.717, 1.165) is 36.5 Å². The van der Waals surface area contributed by atoms with E-state index >= 15 is 0 Å². The average Bonchev–Trinajstić information content (AvgIpc) is 2.83. The molecule has 0 bridgehead atoms. The van der Waals surface area contributed by atoms with Gasteiger partial charge in [0.25, 0.3) is 0 Å². The predicted molar refractivity (Wildman–Crippen MR) is 65.4 cm³/mol. The molecular formula is C13H16N2O2. The van der Waals surface area contributed by atoms with Crippen molar-refractivity contribution in [2.45, 2.75) is 11.8 Å². The molecule has 1 N–H and O–H groups in total. The van der Waals surface area contributed by atoms with Crippen molar-refractivity contribution in [1.82, 2.24) is 4.90 Å². The van der Waals surface area contributed by atoms with Crippen molar-refractivity contribution in [2.75, 3.05) is 32.6 Å². The molecule has 1 amide bonds. The molecule has 1 saturated heterocycles. The van der Waals surface area contributed by atoms with Crippen LogP contribution in [0.1, 0.15) is 12.0 Å². The van der Waals surface area contributed by atoms with Crippen molar-refractivity contribution >= 4 is 11.6 Å². The number of anilines is 1. The molecule has 0 aliphatic carbocycles. The largest absolute Gasteiger partial charge is 0.497 e. The Balaban J connectivity index is 2.11. The van der Waals surface area contributed by atoms with Crippen LogP contribution in [0.5, 0.6) is 5.75 Å². The van der Waals surface area contributed by atoms with Crippen molar-refractivity contribution in [3.8, 4) is 5.75 Å². The van der Waals surface area contributed by atoms with Crippen LogP contribution < -0.4 is 10.1 Å². The number of carbonyl (C=O) groups is 1. The summed E-state index contributed by atoms with van der Waals surface area (Å²) >= 11 is 0. The van der Waals surface area contributed by atoms with Gasteiger partial charge in [-0.15, -0.1) is 0 Å². The first-order valence-corrected chi connectivity index (χ1v) is 5.84. The molecule has 2 aliphatic rings. The zero-order valence-corrected chi connectivity index (χ0v) is 10.1. The van der Waals surface area contributed by atoms with Gasteiger partial charge in [0.15, 0.2) is 0 Å². The minimum atomic E-state index is -0.362. The molecule has 4 nitrogen and oxygen atoms in total. The number of nitrogens with zero attached hydrogens (tertiary/aromatic N) is 1. The Morgan fingerprint density at radius 3 is 2.94 bits per heavy atom. The number of likely N-dealkylation sites (tertiary alicyclic amines) is 1. The Morgan fingerprint density at radius 2 is 2.29 bits per heavy atom. The van der Waals surface area contributed by atoms with Gasteiger partial charge in [0.2, 0.25) is 5.91 Å².